The second-order valence-corrected chi connectivity index (χ2v) is 10.5. The number of amides is 1. The number of halogens is 1. The van der Waals surface area contributed by atoms with Crippen molar-refractivity contribution in [3.63, 3.8) is 0 Å². The van der Waals surface area contributed by atoms with Crippen LogP contribution in [0.15, 0.2) is 49.1 Å². The SMILES string of the molecule is N#Cc1ccccc1-c1nc2cnc(-c3ncn[nH]3)cc2n1C1CCCC(NC(=O)c2ncc(Cl)s2)C1. The molecule has 5 aromatic rings. The molecule has 4 aromatic heterocycles. The molecule has 0 radical (unpaired) electrons. The van der Waals surface area contributed by atoms with E-state index in [9.17, 15) is 10.1 Å². The molecule has 4 heterocycles. The van der Waals surface area contributed by atoms with Crippen LogP contribution in [0.25, 0.3) is 33.9 Å². The molecule has 0 aliphatic heterocycles. The highest BCUT2D eigenvalue weighted by molar-refractivity contribution is 7.17. The van der Waals surface area contributed by atoms with Gasteiger partial charge in [0.25, 0.3) is 5.91 Å². The van der Waals surface area contributed by atoms with E-state index in [1.165, 1.54) is 12.5 Å². The summed E-state index contributed by atoms with van der Waals surface area (Å²) in [5.74, 6) is 1.04. The summed E-state index contributed by atoms with van der Waals surface area (Å²) in [5, 5.41) is 20.1. The van der Waals surface area contributed by atoms with Gasteiger partial charge >= 0.3 is 0 Å². The van der Waals surface area contributed by atoms with E-state index in [4.69, 9.17) is 16.6 Å². The average molecular weight is 530 g/mol. The predicted octanol–water partition coefficient (Wildman–Crippen LogP) is 4.78. The molecule has 2 atom stereocenters. The van der Waals surface area contributed by atoms with Gasteiger partial charge in [0.15, 0.2) is 10.8 Å². The normalized spacial score (nSPS) is 17.5. The van der Waals surface area contributed by atoms with Crippen LogP contribution in [-0.2, 0) is 0 Å². The molecule has 184 valence electrons. The van der Waals surface area contributed by atoms with Gasteiger partial charge in [-0.15, -0.1) is 0 Å². The summed E-state index contributed by atoms with van der Waals surface area (Å²) in [6.07, 6.45) is 8.05. The monoisotopic (exact) mass is 529 g/mol. The number of aromatic nitrogens is 7. The third kappa shape index (κ3) is 4.45. The van der Waals surface area contributed by atoms with Gasteiger partial charge in [-0.3, -0.25) is 14.9 Å². The highest BCUT2D eigenvalue weighted by atomic mass is 35.5. The number of H-pyrrole nitrogens is 1. The van der Waals surface area contributed by atoms with Crippen LogP contribution >= 0.6 is 22.9 Å². The lowest BCUT2D eigenvalue weighted by Gasteiger charge is -2.32. The molecule has 1 aliphatic carbocycles. The Balaban J connectivity index is 1.42. The number of imidazole rings is 1. The minimum atomic E-state index is -0.218. The van der Waals surface area contributed by atoms with Crippen LogP contribution in [-0.4, -0.2) is 46.6 Å². The van der Waals surface area contributed by atoms with Gasteiger partial charge in [-0.2, -0.15) is 10.4 Å². The van der Waals surface area contributed by atoms with E-state index in [1.54, 1.807) is 12.3 Å². The first-order valence-electron chi connectivity index (χ1n) is 11.8. The highest BCUT2D eigenvalue weighted by Crippen LogP contribution is 2.37. The van der Waals surface area contributed by atoms with Gasteiger partial charge in [-0.1, -0.05) is 35.1 Å². The summed E-state index contributed by atoms with van der Waals surface area (Å²) in [5.41, 5.74) is 3.55. The third-order valence-electron chi connectivity index (χ3n) is 6.54. The fourth-order valence-electron chi connectivity index (χ4n) is 4.93. The second-order valence-electron chi connectivity index (χ2n) is 8.82. The van der Waals surface area contributed by atoms with Crippen molar-refractivity contribution in [1.29, 1.82) is 5.26 Å². The molecule has 37 heavy (non-hydrogen) atoms. The number of nitrogens with zero attached hydrogens (tertiary/aromatic N) is 7. The number of rotatable bonds is 5. The Morgan fingerprint density at radius 3 is 2.89 bits per heavy atom. The molecule has 6 rings (SSSR count). The Kier molecular flexibility index (Phi) is 6.12. The highest BCUT2D eigenvalue weighted by Gasteiger charge is 2.29. The average Bonchev–Trinajstić information content (AvgIpc) is 3.68. The Labute approximate surface area is 220 Å². The molecular weight excluding hydrogens is 510 g/mol. The van der Waals surface area contributed by atoms with E-state index >= 15 is 0 Å². The molecule has 2 unspecified atom stereocenters. The molecule has 12 heteroatoms. The van der Waals surface area contributed by atoms with Crippen molar-refractivity contribution in [1.82, 2.24) is 40.0 Å². The molecule has 0 saturated heterocycles. The van der Waals surface area contributed by atoms with Crippen LogP contribution in [0.5, 0.6) is 0 Å². The van der Waals surface area contributed by atoms with Crippen molar-refractivity contribution >= 4 is 39.9 Å². The Morgan fingerprint density at radius 2 is 2.11 bits per heavy atom. The lowest BCUT2D eigenvalue weighted by atomic mass is 9.90. The van der Waals surface area contributed by atoms with Crippen molar-refractivity contribution in [2.45, 2.75) is 37.8 Å². The number of carbonyl (C=O) groups is 1. The summed E-state index contributed by atoms with van der Waals surface area (Å²) < 4.78 is 2.67. The molecule has 10 nitrogen and oxygen atoms in total. The molecule has 1 aliphatic rings. The standard InChI is InChI=1S/C25H20ClN9OS/c26-21-12-29-25(37-21)24(36)32-15-5-3-6-16(8-15)35-20-9-18(22-30-13-31-34-22)28-11-19(20)33-23(35)17-7-2-1-4-14(17)10-27/h1-2,4,7,9,11-13,15-16H,3,5-6,8H2,(H,32,36)(H,30,31,34). The Hall–Kier alpha value is -4.14. The number of fused-ring (bicyclic) bond motifs is 1. The molecule has 1 fully saturated rings. The van der Waals surface area contributed by atoms with Crippen LogP contribution in [0.1, 0.15) is 47.1 Å². The quantitative estimate of drug-likeness (QED) is 0.334. The van der Waals surface area contributed by atoms with Gasteiger partial charge in [-0.05, 0) is 43.9 Å². The number of thiazole rings is 1. The molecule has 1 amide bonds. The van der Waals surface area contributed by atoms with Crippen LogP contribution in [0.4, 0.5) is 0 Å². The zero-order valence-electron chi connectivity index (χ0n) is 19.4. The zero-order valence-corrected chi connectivity index (χ0v) is 21.0. The van der Waals surface area contributed by atoms with E-state index in [0.717, 1.165) is 47.2 Å². The number of carbonyl (C=O) groups excluding carboxylic acids is 1. The first-order chi connectivity index (χ1) is 18.1. The van der Waals surface area contributed by atoms with E-state index < -0.39 is 0 Å². The van der Waals surface area contributed by atoms with Gasteiger partial charge in [0.2, 0.25) is 0 Å². The predicted molar refractivity (Wildman–Crippen MR) is 139 cm³/mol. The van der Waals surface area contributed by atoms with Crippen molar-refractivity contribution in [3.05, 3.63) is 64.0 Å². The van der Waals surface area contributed by atoms with Crippen LogP contribution in [0.2, 0.25) is 4.34 Å². The summed E-state index contributed by atoms with van der Waals surface area (Å²) >= 11 is 7.14. The molecule has 2 N–H and O–H groups in total. The fraction of sp³-hybridized carbons (Fsp3) is 0.240. The van der Waals surface area contributed by atoms with Gasteiger partial charge in [0, 0.05) is 17.6 Å². The van der Waals surface area contributed by atoms with Gasteiger partial charge in [0.05, 0.1) is 29.5 Å². The number of hydrogen-bond acceptors (Lipinski definition) is 8. The van der Waals surface area contributed by atoms with E-state index in [1.807, 2.05) is 24.3 Å². The topological polar surface area (TPSA) is 138 Å². The number of aromatic amines is 1. The van der Waals surface area contributed by atoms with Crippen molar-refractivity contribution in [2.24, 2.45) is 0 Å². The minimum Gasteiger partial charge on any atom is -0.347 e. The zero-order chi connectivity index (χ0) is 25.4. The van der Waals surface area contributed by atoms with Crippen molar-refractivity contribution in [3.8, 4) is 29.0 Å². The molecule has 1 aromatic carbocycles. The maximum atomic E-state index is 12.8. The first kappa shape index (κ1) is 23.3. The minimum absolute atomic E-state index is 0.0376. The molecular formula is C25H20ClN9OS. The smallest absolute Gasteiger partial charge is 0.280 e. The fourth-order valence-corrected chi connectivity index (χ4v) is 5.74. The number of benzene rings is 1. The van der Waals surface area contributed by atoms with Gasteiger partial charge in [0.1, 0.15) is 27.7 Å². The van der Waals surface area contributed by atoms with E-state index in [-0.39, 0.29) is 18.0 Å². The number of pyridine rings is 1. The molecule has 0 bridgehead atoms. The number of nitrogens with one attached hydrogen (secondary N) is 2. The molecule has 1 saturated carbocycles. The van der Waals surface area contributed by atoms with Crippen molar-refractivity contribution < 1.29 is 4.79 Å². The van der Waals surface area contributed by atoms with Crippen LogP contribution < -0.4 is 5.32 Å². The summed E-state index contributed by atoms with van der Waals surface area (Å²) in [4.78, 5) is 30.6. The van der Waals surface area contributed by atoms with E-state index in [0.29, 0.717) is 38.7 Å². The Morgan fingerprint density at radius 1 is 1.22 bits per heavy atom. The summed E-state index contributed by atoms with van der Waals surface area (Å²) in [6, 6.07) is 11.7. The van der Waals surface area contributed by atoms with Gasteiger partial charge in [-0.25, -0.2) is 15.0 Å². The number of nitriles is 1. The lowest BCUT2D eigenvalue weighted by molar-refractivity contribution is 0.0920. The Bertz CT molecular complexity index is 1640. The molecule has 0 spiro atoms. The van der Waals surface area contributed by atoms with Gasteiger partial charge < -0.3 is 9.88 Å². The van der Waals surface area contributed by atoms with Crippen molar-refractivity contribution in [2.75, 3.05) is 0 Å². The first-order valence-corrected chi connectivity index (χ1v) is 13.0. The maximum Gasteiger partial charge on any atom is 0.280 e. The maximum absolute atomic E-state index is 12.8. The van der Waals surface area contributed by atoms with Crippen LogP contribution in [0, 0.1) is 11.3 Å². The number of hydrogen-bond donors (Lipinski definition) is 2. The third-order valence-corrected chi connectivity index (χ3v) is 7.65. The van der Waals surface area contributed by atoms with E-state index in [2.05, 4.69) is 41.1 Å². The summed E-state index contributed by atoms with van der Waals surface area (Å²) in [7, 11) is 0. The van der Waals surface area contributed by atoms with Crippen LogP contribution in [0.3, 0.4) is 0 Å². The second kappa shape index (κ2) is 9.72. The largest absolute Gasteiger partial charge is 0.347 e. The summed E-state index contributed by atoms with van der Waals surface area (Å²) in [6.45, 7) is 0. The lowest BCUT2D eigenvalue weighted by Crippen LogP contribution is -2.39.